The number of hydrogen-bond acceptors (Lipinski definition) is 2. The van der Waals surface area contributed by atoms with Crippen molar-refractivity contribution in [3.05, 3.63) is 35.4 Å². The second-order valence-electron chi connectivity index (χ2n) is 8.12. The number of carbonyl (C=O) groups is 1. The number of nitrogens with one attached hydrogen (secondary N) is 1. The summed E-state index contributed by atoms with van der Waals surface area (Å²) >= 11 is 0. The number of ether oxygens (including phenoxy) is 1. The Bertz CT molecular complexity index is 690. The first kappa shape index (κ1) is 19.1. The summed E-state index contributed by atoms with van der Waals surface area (Å²) in [5.74, 6) is 0.183. The van der Waals surface area contributed by atoms with Crippen molar-refractivity contribution in [1.82, 2.24) is 0 Å². The first-order valence-electron chi connectivity index (χ1n) is 9.75. The number of morpholine rings is 1. The molecule has 1 fully saturated rings. The van der Waals surface area contributed by atoms with Gasteiger partial charge >= 0.3 is 0 Å². The van der Waals surface area contributed by atoms with E-state index in [1.165, 1.54) is 16.7 Å². The summed E-state index contributed by atoms with van der Waals surface area (Å²) in [6, 6.07) is 6.40. The zero-order chi connectivity index (χ0) is 18.7. The Labute approximate surface area is 157 Å². The number of fused-ring (bicyclic) bond motifs is 1. The van der Waals surface area contributed by atoms with Gasteiger partial charge in [0.15, 0.2) is 6.54 Å². The van der Waals surface area contributed by atoms with Crippen molar-refractivity contribution in [2.75, 3.05) is 50.8 Å². The molecule has 0 saturated carbocycles. The maximum Gasteiger partial charge on any atom is 0.282 e. The highest BCUT2D eigenvalue weighted by Crippen LogP contribution is 2.39. The highest BCUT2D eigenvalue weighted by molar-refractivity contribution is 6.00. The molecular formula is C21H33N3O2+2. The minimum absolute atomic E-state index is 0.183. The molecule has 2 aliphatic rings. The van der Waals surface area contributed by atoms with Crippen molar-refractivity contribution in [1.29, 1.82) is 0 Å². The molecule has 2 aliphatic heterocycles. The third kappa shape index (κ3) is 4.17. The molecule has 1 aromatic carbocycles. The fraction of sp³-hybridized carbons (Fsp3) is 0.571. The summed E-state index contributed by atoms with van der Waals surface area (Å²) in [7, 11) is 0. The normalized spacial score (nSPS) is 19.8. The molecule has 0 aromatic heterocycles. The second kappa shape index (κ2) is 7.91. The summed E-state index contributed by atoms with van der Waals surface area (Å²) in [5, 5.41) is 2.15. The van der Waals surface area contributed by atoms with Crippen molar-refractivity contribution in [3.63, 3.8) is 0 Å². The molecule has 0 radical (unpaired) electrons. The molecular weight excluding hydrogens is 326 g/mol. The molecule has 1 amide bonds. The number of quaternary nitrogens is 2. The largest absolute Gasteiger partial charge is 0.370 e. The summed E-state index contributed by atoms with van der Waals surface area (Å²) < 4.78 is 5.40. The fourth-order valence-electron chi connectivity index (χ4n) is 4.13. The van der Waals surface area contributed by atoms with Crippen LogP contribution in [-0.4, -0.2) is 57.4 Å². The lowest BCUT2D eigenvalue weighted by Crippen LogP contribution is -3.16. The molecule has 0 bridgehead atoms. The number of allylic oxidation sites excluding steroid dienone is 1. The van der Waals surface area contributed by atoms with E-state index in [0.717, 1.165) is 45.1 Å². The molecule has 0 spiro atoms. The van der Waals surface area contributed by atoms with Crippen LogP contribution in [0, 0.1) is 6.92 Å². The monoisotopic (exact) mass is 359 g/mol. The van der Waals surface area contributed by atoms with Gasteiger partial charge in [-0.2, -0.15) is 0 Å². The molecule has 3 N–H and O–H groups in total. The van der Waals surface area contributed by atoms with Gasteiger partial charge in [-0.05, 0) is 44.9 Å². The summed E-state index contributed by atoms with van der Waals surface area (Å²) in [4.78, 5) is 16.7. The Morgan fingerprint density at radius 1 is 1.27 bits per heavy atom. The van der Waals surface area contributed by atoms with Crippen molar-refractivity contribution in [2.24, 2.45) is 0 Å². The number of nitrogens with zero attached hydrogens (tertiary/aromatic N) is 1. The Balaban J connectivity index is 1.65. The predicted molar refractivity (Wildman–Crippen MR) is 104 cm³/mol. The Morgan fingerprint density at radius 2 is 2.00 bits per heavy atom. The van der Waals surface area contributed by atoms with Crippen molar-refractivity contribution >= 4 is 17.2 Å². The quantitative estimate of drug-likeness (QED) is 0.728. The molecule has 142 valence electrons. The first-order chi connectivity index (χ1) is 12.4. The molecule has 26 heavy (non-hydrogen) atoms. The van der Waals surface area contributed by atoms with E-state index in [1.54, 1.807) is 4.90 Å². The van der Waals surface area contributed by atoms with Crippen molar-refractivity contribution < 1.29 is 19.7 Å². The van der Waals surface area contributed by atoms with Crippen molar-refractivity contribution in [3.8, 4) is 0 Å². The molecule has 1 aromatic rings. The zero-order valence-corrected chi connectivity index (χ0v) is 16.6. The molecule has 2 heterocycles. The number of anilines is 1. The molecule has 0 aliphatic carbocycles. The van der Waals surface area contributed by atoms with E-state index in [4.69, 9.17) is 4.74 Å². The van der Waals surface area contributed by atoms with Gasteiger partial charge in [-0.3, -0.25) is 9.69 Å². The van der Waals surface area contributed by atoms with E-state index >= 15 is 0 Å². The number of benzene rings is 1. The minimum Gasteiger partial charge on any atom is -0.370 e. The fourth-order valence-corrected chi connectivity index (χ4v) is 4.13. The van der Waals surface area contributed by atoms with Gasteiger partial charge in [0, 0.05) is 5.56 Å². The molecule has 1 saturated heterocycles. The summed E-state index contributed by atoms with van der Waals surface area (Å²) in [6.45, 7) is 14.9. The molecule has 0 unspecified atom stereocenters. The number of carbonyl (C=O) groups excluding carboxylic acids is 1. The minimum atomic E-state index is -0.300. The SMILES string of the molecule is CC1=CC(C)(C)N(C(=O)C[NH2+]CC[NH+]2CCOCC2)c2cc(C)ccc21. The number of rotatable bonds is 5. The number of nitrogens with two attached hydrogens (primary N) is 1. The Morgan fingerprint density at radius 3 is 2.73 bits per heavy atom. The van der Waals surface area contributed by atoms with Gasteiger partial charge in [0.05, 0.1) is 24.4 Å². The van der Waals surface area contributed by atoms with Crippen LogP contribution in [0.15, 0.2) is 24.3 Å². The molecule has 0 atom stereocenters. The zero-order valence-electron chi connectivity index (χ0n) is 16.6. The molecule has 3 rings (SSSR count). The first-order valence-corrected chi connectivity index (χ1v) is 9.75. The highest BCUT2D eigenvalue weighted by Gasteiger charge is 2.36. The van der Waals surface area contributed by atoms with Crippen LogP contribution in [0.25, 0.3) is 5.57 Å². The van der Waals surface area contributed by atoms with Crippen LogP contribution in [0.1, 0.15) is 31.9 Å². The van der Waals surface area contributed by atoms with Crippen LogP contribution in [0.5, 0.6) is 0 Å². The van der Waals surface area contributed by atoms with Crippen molar-refractivity contribution in [2.45, 2.75) is 33.2 Å². The summed E-state index contributed by atoms with van der Waals surface area (Å²) in [6.07, 6.45) is 2.21. The van der Waals surface area contributed by atoms with Crippen LogP contribution in [-0.2, 0) is 9.53 Å². The number of amides is 1. The lowest BCUT2D eigenvalue weighted by Gasteiger charge is -2.41. The lowest BCUT2D eigenvalue weighted by atomic mass is 9.88. The summed E-state index contributed by atoms with van der Waals surface area (Å²) in [5.41, 5.74) is 4.35. The average molecular weight is 360 g/mol. The third-order valence-corrected chi connectivity index (χ3v) is 5.44. The maximum atomic E-state index is 13.1. The Hall–Kier alpha value is -1.69. The third-order valence-electron chi connectivity index (χ3n) is 5.44. The van der Waals surface area contributed by atoms with Crippen LogP contribution in [0.4, 0.5) is 5.69 Å². The smallest absolute Gasteiger partial charge is 0.282 e. The van der Waals surface area contributed by atoms with Gasteiger partial charge in [-0.15, -0.1) is 0 Å². The van der Waals surface area contributed by atoms with E-state index in [-0.39, 0.29) is 11.4 Å². The number of hydrogen-bond donors (Lipinski definition) is 2. The Kier molecular flexibility index (Phi) is 5.80. The number of aryl methyl sites for hydroxylation is 1. The highest BCUT2D eigenvalue weighted by atomic mass is 16.5. The average Bonchev–Trinajstić information content (AvgIpc) is 2.58. The van der Waals surface area contributed by atoms with Gasteiger partial charge in [-0.1, -0.05) is 18.2 Å². The van der Waals surface area contributed by atoms with Gasteiger partial charge in [0.1, 0.15) is 26.2 Å². The topological polar surface area (TPSA) is 50.6 Å². The van der Waals surface area contributed by atoms with E-state index in [9.17, 15) is 4.79 Å². The van der Waals surface area contributed by atoms with Gasteiger partial charge in [0.2, 0.25) is 0 Å². The van der Waals surface area contributed by atoms with Crippen LogP contribution < -0.4 is 15.1 Å². The predicted octanol–water partition coefficient (Wildman–Crippen LogP) is 0.00202. The molecule has 5 nitrogen and oxygen atoms in total. The van der Waals surface area contributed by atoms with E-state index < -0.39 is 0 Å². The molecule has 5 heteroatoms. The maximum absolute atomic E-state index is 13.1. The van der Waals surface area contributed by atoms with E-state index in [2.05, 4.69) is 57.3 Å². The lowest BCUT2D eigenvalue weighted by molar-refractivity contribution is -0.919. The van der Waals surface area contributed by atoms with Gasteiger partial charge < -0.3 is 15.0 Å². The van der Waals surface area contributed by atoms with Crippen LogP contribution in [0.3, 0.4) is 0 Å². The standard InChI is InChI=1S/C21H31N3O2/c1-16-5-6-18-17(2)14-21(3,4)24(19(18)13-16)20(25)15-22-7-8-23-9-11-26-12-10-23/h5-6,13-14,22H,7-12,15H2,1-4H3/p+2. The van der Waals surface area contributed by atoms with Crippen LogP contribution in [0.2, 0.25) is 0 Å². The van der Waals surface area contributed by atoms with Crippen LogP contribution >= 0.6 is 0 Å². The van der Waals surface area contributed by atoms with E-state index in [1.807, 2.05) is 4.90 Å². The van der Waals surface area contributed by atoms with Gasteiger partial charge in [-0.25, -0.2) is 0 Å². The second-order valence-corrected chi connectivity index (χ2v) is 8.12. The van der Waals surface area contributed by atoms with E-state index in [0.29, 0.717) is 6.54 Å². The van der Waals surface area contributed by atoms with Gasteiger partial charge in [0.25, 0.3) is 5.91 Å².